The molecule has 8 heteroatoms. The van der Waals surface area contributed by atoms with Crippen molar-refractivity contribution in [2.75, 3.05) is 13.1 Å². The average molecular weight is 340 g/mol. The number of hydrogen-bond donors (Lipinski definition) is 1. The summed E-state index contributed by atoms with van der Waals surface area (Å²) in [5.41, 5.74) is 0.582. The molecular weight excluding hydrogens is 326 g/mol. The lowest BCUT2D eigenvalue weighted by atomic mass is 9.92. The molecule has 122 valence electrons. The minimum absolute atomic E-state index is 0.203. The molecule has 1 fully saturated rings. The summed E-state index contributed by atoms with van der Waals surface area (Å²) < 4.78 is 60.8. The second-order valence-electron chi connectivity index (χ2n) is 5.54. The van der Waals surface area contributed by atoms with Crippen molar-refractivity contribution in [2.45, 2.75) is 31.5 Å². The summed E-state index contributed by atoms with van der Waals surface area (Å²) in [5, 5.41) is 3.45. The van der Waals surface area contributed by atoms with E-state index in [1.165, 1.54) is 6.07 Å². The van der Waals surface area contributed by atoms with E-state index >= 15 is 0 Å². The molecule has 2 heterocycles. The van der Waals surface area contributed by atoms with E-state index in [1.807, 2.05) is 0 Å². The Kier molecular flexibility index (Phi) is 3.89. The lowest BCUT2D eigenvalue weighted by Gasteiger charge is -2.32. The molecule has 0 radical (unpaired) electrons. The molecule has 2 aliphatic heterocycles. The highest BCUT2D eigenvalue weighted by Gasteiger charge is 2.66. The minimum Gasteiger partial charge on any atom is -0.421 e. The number of halogens is 5. The largest absolute Gasteiger partial charge is 0.507 e. The fourth-order valence-electron chi connectivity index (χ4n) is 2.70. The first-order valence-electron chi connectivity index (χ1n) is 6.95. The van der Waals surface area contributed by atoms with Gasteiger partial charge < -0.3 is 14.8 Å². The van der Waals surface area contributed by atoms with E-state index in [4.69, 9.17) is 11.6 Å². The van der Waals surface area contributed by atoms with Crippen molar-refractivity contribution >= 4 is 11.6 Å². The molecule has 0 saturated carbocycles. The molecule has 3 nitrogen and oxygen atoms in total. The van der Waals surface area contributed by atoms with Gasteiger partial charge in [-0.1, -0.05) is 11.6 Å². The second kappa shape index (κ2) is 5.45. The normalized spacial score (nSPS) is 25.8. The molecule has 3 rings (SSSR count). The quantitative estimate of drug-likeness (QED) is 0.830. The maximum atomic E-state index is 13.2. The van der Waals surface area contributed by atoms with Crippen LogP contribution in [0.4, 0.5) is 17.6 Å². The molecule has 22 heavy (non-hydrogen) atoms. The zero-order chi connectivity index (χ0) is 16.0. The number of fused-ring (bicyclic) bond motifs is 1. The van der Waals surface area contributed by atoms with Gasteiger partial charge in [-0.05, 0) is 49.9 Å². The Hall–Kier alpha value is -1.21. The monoisotopic (exact) mass is 339 g/mol. The first-order valence-corrected chi connectivity index (χ1v) is 7.33. The number of rotatable bonds is 2. The van der Waals surface area contributed by atoms with E-state index in [-0.39, 0.29) is 5.02 Å². The van der Waals surface area contributed by atoms with Crippen LogP contribution in [0, 0.1) is 5.92 Å². The van der Waals surface area contributed by atoms with Crippen molar-refractivity contribution in [3.8, 4) is 11.5 Å². The zero-order valence-electron chi connectivity index (χ0n) is 11.5. The van der Waals surface area contributed by atoms with E-state index in [9.17, 15) is 17.6 Å². The van der Waals surface area contributed by atoms with Gasteiger partial charge in [0.15, 0.2) is 11.5 Å². The highest BCUT2D eigenvalue weighted by Crippen LogP contribution is 2.48. The van der Waals surface area contributed by atoms with Crippen LogP contribution >= 0.6 is 11.6 Å². The first-order chi connectivity index (χ1) is 10.3. The SMILES string of the molecule is FC1(F)Oc2cc(Cl)c(CC3CCCNC3)cc2OC1(F)F. The molecule has 1 unspecified atom stereocenters. The summed E-state index contributed by atoms with van der Waals surface area (Å²) in [6, 6.07) is 2.36. The fourth-order valence-corrected chi connectivity index (χ4v) is 2.93. The van der Waals surface area contributed by atoms with E-state index in [0.29, 0.717) is 17.9 Å². The van der Waals surface area contributed by atoms with Crippen molar-refractivity contribution in [2.24, 2.45) is 5.92 Å². The Balaban J connectivity index is 1.86. The Morgan fingerprint density at radius 3 is 2.36 bits per heavy atom. The molecule has 1 atom stereocenters. The Morgan fingerprint density at radius 1 is 1.14 bits per heavy atom. The van der Waals surface area contributed by atoms with Crippen molar-refractivity contribution in [3.63, 3.8) is 0 Å². The summed E-state index contributed by atoms with van der Waals surface area (Å²) >= 11 is 6.06. The molecule has 0 amide bonds. The molecule has 0 spiro atoms. The molecule has 0 aromatic heterocycles. The third-order valence-corrected chi connectivity index (χ3v) is 4.19. The van der Waals surface area contributed by atoms with Crippen molar-refractivity contribution in [1.29, 1.82) is 0 Å². The molecule has 0 bridgehead atoms. The number of nitrogens with one attached hydrogen (secondary N) is 1. The predicted octanol–water partition coefficient (Wildman–Crippen LogP) is 3.84. The van der Waals surface area contributed by atoms with Crippen LogP contribution in [0.25, 0.3) is 0 Å². The van der Waals surface area contributed by atoms with Crippen LogP contribution in [0.3, 0.4) is 0 Å². The lowest BCUT2D eigenvalue weighted by Crippen LogP contribution is -2.52. The van der Waals surface area contributed by atoms with Crippen LogP contribution in [-0.4, -0.2) is 25.3 Å². The Morgan fingerprint density at radius 2 is 1.77 bits per heavy atom. The van der Waals surface area contributed by atoms with Gasteiger partial charge in [0.05, 0.1) is 0 Å². The fraction of sp³-hybridized carbons (Fsp3) is 0.571. The first kappa shape index (κ1) is 15.7. The molecule has 1 saturated heterocycles. The van der Waals surface area contributed by atoms with Crippen molar-refractivity contribution in [1.82, 2.24) is 5.32 Å². The number of benzene rings is 1. The summed E-state index contributed by atoms with van der Waals surface area (Å²) in [7, 11) is 0. The van der Waals surface area contributed by atoms with Gasteiger partial charge in [-0.15, -0.1) is 0 Å². The van der Waals surface area contributed by atoms with E-state index in [0.717, 1.165) is 32.0 Å². The van der Waals surface area contributed by atoms with Gasteiger partial charge >= 0.3 is 12.2 Å². The molecule has 1 aromatic carbocycles. The van der Waals surface area contributed by atoms with E-state index in [1.54, 1.807) is 0 Å². The van der Waals surface area contributed by atoms with Gasteiger partial charge in [-0.3, -0.25) is 0 Å². The smallest absolute Gasteiger partial charge is 0.421 e. The van der Waals surface area contributed by atoms with E-state index < -0.39 is 23.7 Å². The van der Waals surface area contributed by atoms with Crippen LogP contribution in [0.15, 0.2) is 12.1 Å². The van der Waals surface area contributed by atoms with Crippen LogP contribution in [-0.2, 0) is 6.42 Å². The topological polar surface area (TPSA) is 30.5 Å². The van der Waals surface area contributed by atoms with Gasteiger partial charge in [-0.2, -0.15) is 17.6 Å². The highest BCUT2D eigenvalue weighted by molar-refractivity contribution is 6.31. The second-order valence-corrected chi connectivity index (χ2v) is 5.95. The van der Waals surface area contributed by atoms with Crippen LogP contribution < -0.4 is 14.8 Å². The Labute approximate surface area is 129 Å². The summed E-state index contributed by atoms with van der Waals surface area (Å²) in [4.78, 5) is 0. The van der Waals surface area contributed by atoms with Crippen molar-refractivity contribution < 1.29 is 27.0 Å². The van der Waals surface area contributed by atoms with Crippen molar-refractivity contribution in [3.05, 3.63) is 22.7 Å². The van der Waals surface area contributed by atoms with Gasteiger partial charge in [-0.25, -0.2) is 0 Å². The summed E-state index contributed by atoms with van der Waals surface area (Å²) in [5.74, 6) is -0.582. The van der Waals surface area contributed by atoms with Gasteiger partial charge in [0.1, 0.15) is 0 Å². The maximum absolute atomic E-state index is 13.2. The summed E-state index contributed by atoms with van der Waals surface area (Å²) in [6.07, 6.45) is -6.86. The summed E-state index contributed by atoms with van der Waals surface area (Å²) in [6.45, 7) is 1.76. The molecule has 1 aromatic rings. The number of piperidine rings is 1. The third-order valence-electron chi connectivity index (χ3n) is 3.84. The van der Waals surface area contributed by atoms with Crippen LogP contribution in [0.1, 0.15) is 18.4 Å². The van der Waals surface area contributed by atoms with Crippen LogP contribution in [0.5, 0.6) is 11.5 Å². The average Bonchev–Trinajstić information content (AvgIpc) is 2.43. The minimum atomic E-state index is -4.72. The van der Waals surface area contributed by atoms with E-state index in [2.05, 4.69) is 14.8 Å². The zero-order valence-corrected chi connectivity index (χ0v) is 12.2. The highest BCUT2D eigenvalue weighted by atomic mass is 35.5. The predicted molar refractivity (Wildman–Crippen MR) is 71.9 cm³/mol. The van der Waals surface area contributed by atoms with Crippen LogP contribution in [0.2, 0.25) is 5.02 Å². The molecule has 2 aliphatic rings. The standard InChI is InChI=1S/C14H14ClF4NO2/c15-10-6-12-11(21-13(16,17)14(18,19)22-12)5-9(10)4-8-2-1-3-20-7-8/h5-6,8,20H,1-4,7H2. The third kappa shape index (κ3) is 2.84. The Bertz CT molecular complexity index is 576. The molecule has 1 N–H and O–H groups in total. The molecule has 0 aliphatic carbocycles. The number of ether oxygens (including phenoxy) is 2. The van der Waals surface area contributed by atoms with Gasteiger partial charge in [0, 0.05) is 11.1 Å². The molecular formula is C14H14ClF4NO2. The van der Waals surface area contributed by atoms with Gasteiger partial charge in [0.25, 0.3) is 0 Å². The lowest BCUT2D eigenvalue weighted by molar-refractivity contribution is -0.391. The number of alkyl halides is 4. The van der Waals surface area contributed by atoms with Gasteiger partial charge in [0.2, 0.25) is 0 Å². The number of hydrogen-bond acceptors (Lipinski definition) is 3. The maximum Gasteiger partial charge on any atom is 0.507 e.